The van der Waals surface area contributed by atoms with Crippen molar-refractivity contribution in [2.24, 2.45) is 5.73 Å². The molecule has 1 aliphatic heterocycles. The molecule has 152 valence electrons. The largest absolute Gasteiger partial charge is 0.350 e. The van der Waals surface area contributed by atoms with Gasteiger partial charge in [0.1, 0.15) is 0 Å². The predicted molar refractivity (Wildman–Crippen MR) is 112 cm³/mol. The zero-order valence-electron chi connectivity index (χ0n) is 15.8. The lowest BCUT2D eigenvalue weighted by Crippen LogP contribution is -2.23. The van der Waals surface area contributed by atoms with E-state index >= 15 is 0 Å². The van der Waals surface area contributed by atoms with Crippen LogP contribution in [0.3, 0.4) is 0 Å². The predicted octanol–water partition coefficient (Wildman–Crippen LogP) is 2.59. The highest BCUT2D eigenvalue weighted by Crippen LogP contribution is 2.32. The molecule has 0 saturated heterocycles. The van der Waals surface area contributed by atoms with Gasteiger partial charge >= 0.3 is 5.69 Å². The fourth-order valence-corrected chi connectivity index (χ4v) is 3.49. The van der Waals surface area contributed by atoms with Crippen LogP contribution in [0.4, 0.5) is 10.1 Å². The molecule has 0 atom stereocenters. The number of pyridine rings is 1. The fraction of sp³-hybridized carbons (Fsp3) is 0.250. The number of rotatable bonds is 4. The number of nitrogens with two attached hydrogens (primary N) is 1. The first-order valence-electron chi connectivity index (χ1n) is 9.01. The number of anilines is 1. The van der Waals surface area contributed by atoms with Gasteiger partial charge in [0.2, 0.25) is 5.91 Å². The summed E-state index contributed by atoms with van der Waals surface area (Å²) in [6, 6.07) is 7.73. The minimum Gasteiger partial charge on any atom is -0.327 e. The molecule has 3 N–H and O–H groups in total. The Balaban J connectivity index is 0.00000240. The van der Waals surface area contributed by atoms with Gasteiger partial charge in [0.05, 0.1) is 12.9 Å². The summed E-state index contributed by atoms with van der Waals surface area (Å²) in [7, 11) is 0. The van der Waals surface area contributed by atoms with Crippen molar-refractivity contribution in [3.05, 3.63) is 64.0 Å². The molecular formula is C20H21ClFN5O2. The van der Waals surface area contributed by atoms with E-state index in [1.165, 1.54) is 9.08 Å². The molecular weight excluding hydrogens is 397 g/mol. The van der Waals surface area contributed by atoms with E-state index in [1.807, 2.05) is 25.1 Å². The lowest BCUT2D eigenvalue weighted by molar-refractivity contribution is -0.116. The van der Waals surface area contributed by atoms with E-state index in [0.717, 1.165) is 27.9 Å². The number of nitrogens with zero attached hydrogens (tertiary/aromatic N) is 3. The van der Waals surface area contributed by atoms with Crippen LogP contribution in [-0.4, -0.2) is 26.6 Å². The summed E-state index contributed by atoms with van der Waals surface area (Å²) in [5, 5.41) is 7.23. The minimum absolute atomic E-state index is 0. The van der Waals surface area contributed by atoms with Crippen molar-refractivity contribution < 1.29 is 9.18 Å². The van der Waals surface area contributed by atoms with Gasteiger partial charge in [0, 0.05) is 24.8 Å². The standard InChI is InChI=1S/C20H20FN5O2.ClH/c1-12-6-16(7-15-2-3-18(27)23-19(12)15)14-4-5-25-17(8-14)24-26(20(25)28)11-13(9-21)10-22;/h4-9H,2-3,10-11,22H2,1H3,(H,23,27);1H/b13-9+;. The maximum Gasteiger partial charge on any atom is 0.350 e. The van der Waals surface area contributed by atoms with Crippen LogP contribution in [0, 0.1) is 6.92 Å². The SMILES string of the molecule is Cc1cc(-c2ccn3c(=O)n(C/C(=C/F)CN)nc3c2)cc2c1NC(=O)CC2.Cl. The Morgan fingerprint density at radius 1 is 1.28 bits per heavy atom. The second kappa shape index (κ2) is 8.18. The highest BCUT2D eigenvalue weighted by Gasteiger charge is 2.18. The van der Waals surface area contributed by atoms with E-state index in [4.69, 9.17) is 5.73 Å². The van der Waals surface area contributed by atoms with Crippen molar-refractivity contribution in [1.29, 1.82) is 0 Å². The normalized spacial score (nSPS) is 13.8. The number of nitrogens with one attached hydrogen (secondary N) is 1. The topological polar surface area (TPSA) is 94.4 Å². The Bertz CT molecular complexity index is 1180. The molecule has 0 saturated carbocycles. The Hall–Kier alpha value is -2.97. The van der Waals surface area contributed by atoms with Gasteiger partial charge in [0.15, 0.2) is 5.65 Å². The van der Waals surface area contributed by atoms with Crippen LogP contribution in [0.15, 0.2) is 47.2 Å². The monoisotopic (exact) mass is 417 g/mol. The maximum absolute atomic E-state index is 12.8. The molecule has 4 rings (SSSR count). The van der Waals surface area contributed by atoms with Crippen LogP contribution < -0.4 is 16.7 Å². The summed E-state index contributed by atoms with van der Waals surface area (Å²) in [5.41, 5.74) is 10.8. The van der Waals surface area contributed by atoms with Crippen LogP contribution in [0.5, 0.6) is 0 Å². The summed E-state index contributed by atoms with van der Waals surface area (Å²) in [4.78, 5) is 24.1. The molecule has 0 radical (unpaired) electrons. The van der Waals surface area contributed by atoms with Crippen LogP contribution in [-0.2, 0) is 17.8 Å². The number of fused-ring (bicyclic) bond motifs is 2. The second-order valence-corrected chi connectivity index (χ2v) is 6.93. The average molecular weight is 418 g/mol. The van der Waals surface area contributed by atoms with Gasteiger partial charge in [-0.2, -0.15) is 0 Å². The molecule has 0 unspecified atom stereocenters. The quantitative estimate of drug-likeness (QED) is 0.682. The summed E-state index contributed by atoms with van der Waals surface area (Å²) >= 11 is 0. The second-order valence-electron chi connectivity index (χ2n) is 6.93. The van der Waals surface area contributed by atoms with Crippen molar-refractivity contribution in [1.82, 2.24) is 14.2 Å². The van der Waals surface area contributed by atoms with Crippen molar-refractivity contribution in [3.63, 3.8) is 0 Å². The average Bonchev–Trinajstić information content (AvgIpc) is 3.01. The maximum atomic E-state index is 12.8. The fourth-order valence-electron chi connectivity index (χ4n) is 3.49. The van der Waals surface area contributed by atoms with Crippen molar-refractivity contribution in [2.45, 2.75) is 26.3 Å². The van der Waals surface area contributed by atoms with Crippen molar-refractivity contribution >= 4 is 29.6 Å². The molecule has 2 aromatic heterocycles. The lowest BCUT2D eigenvalue weighted by atomic mass is 9.94. The molecule has 1 amide bonds. The number of hydrogen-bond acceptors (Lipinski definition) is 4. The van der Waals surface area contributed by atoms with Crippen LogP contribution >= 0.6 is 12.4 Å². The number of aryl methyl sites for hydroxylation is 2. The minimum atomic E-state index is -0.348. The number of carbonyl (C=O) groups is 1. The zero-order chi connectivity index (χ0) is 19.8. The molecule has 7 nitrogen and oxygen atoms in total. The molecule has 0 bridgehead atoms. The van der Waals surface area contributed by atoms with Gasteiger partial charge in [-0.25, -0.2) is 13.9 Å². The smallest absolute Gasteiger partial charge is 0.327 e. The van der Waals surface area contributed by atoms with Gasteiger partial charge in [-0.05, 0) is 65.4 Å². The van der Waals surface area contributed by atoms with E-state index in [1.54, 1.807) is 6.20 Å². The van der Waals surface area contributed by atoms with Gasteiger partial charge in [0.25, 0.3) is 0 Å². The molecule has 3 aromatic rings. The van der Waals surface area contributed by atoms with Crippen LogP contribution in [0.2, 0.25) is 0 Å². The third-order valence-electron chi connectivity index (χ3n) is 4.99. The van der Waals surface area contributed by atoms with Gasteiger partial charge in [-0.3, -0.25) is 9.20 Å². The summed E-state index contributed by atoms with van der Waals surface area (Å²) in [6.07, 6.45) is 3.24. The Morgan fingerprint density at radius 2 is 2.07 bits per heavy atom. The molecule has 29 heavy (non-hydrogen) atoms. The van der Waals surface area contributed by atoms with Crippen LogP contribution in [0.1, 0.15) is 17.5 Å². The number of hydrogen-bond donors (Lipinski definition) is 2. The molecule has 1 aliphatic rings. The molecule has 0 spiro atoms. The molecule has 0 aliphatic carbocycles. The number of benzene rings is 1. The Labute approximate surface area is 172 Å². The van der Waals surface area contributed by atoms with Gasteiger partial charge in [-0.15, -0.1) is 17.5 Å². The van der Waals surface area contributed by atoms with Crippen LogP contribution in [0.25, 0.3) is 16.8 Å². The lowest BCUT2D eigenvalue weighted by Gasteiger charge is -2.20. The van der Waals surface area contributed by atoms with Crippen molar-refractivity contribution in [2.75, 3.05) is 11.9 Å². The molecule has 9 heteroatoms. The third-order valence-corrected chi connectivity index (χ3v) is 4.99. The van der Waals surface area contributed by atoms with E-state index in [9.17, 15) is 14.0 Å². The summed E-state index contributed by atoms with van der Waals surface area (Å²) < 4.78 is 15.4. The zero-order valence-corrected chi connectivity index (χ0v) is 16.6. The van der Waals surface area contributed by atoms with Gasteiger partial charge in [-0.1, -0.05) is 0 Å². The molecule has 3 heterocycles. The number of halogens is 2. The first-order valence-corrected chi connectivity index (χ1v) is 9.01. The summed E-state index contributed by atoms with van der Waals surface area (Å²) in [5.74, 6) is 0.0360. The summed E-state index contributed by atoms with van der Waals surface area (Å²) in [6.45, 7) is 2.00. The van der Waals surface area contributed by atoms with E-state index in [2.05, 4.69) is 16.5 Å². The van der Waals surface area contributed by atoms with E-state index < -0.39 is 0 Å². The first kappa shape index (κ1) is 20.8. The van der Waals surface area contributed by atoms with Crippen molar-refractivity contribution in [3.8, 4) is 11.1 Å². The van der Waals surface area contributed by atoms with Gasteiger partial charge < -0.3 is 11.1 Å². The van der Waals surface area contributed by atoms with E-state index in [-0.39, 0.29) is 42.7 Å². The highest BCUT2D eigenvalue weighted by molar-refractivity contribution is 5.95. The number of aromatic nitrogens is 3. The Kier molecular flexibility index (Phi) is 5.86. The van der Waals surface area contributed by atoms with E-state index in [0.29, 0.717) is 24.8 Å². The Morgan fingerprint density at radius 3 is 2.79 bits per heavy atom. The molecule has 1 aromatic carbocycles. The highest BCUT2D eigenvalue weighted by atomic mass is 35.5. The first-order chi connectivity index (χ1) is 13.5. The third kappa shape index (κ3) is 3.81. The number of carbonyl (C=O) groups excluding carboxylic acids is 1. The number of amides is 1. The molecule has 0 fully saturated rings.